The van der Waals surface area contributed by atoms with E-state index >= 15 is 0 Å². The van der Waals surface area contributed by atoms with Gasteiger partial charge in [0.15, 0.2) is 0 Å². The van der Waals surface area contributed by atoms with Gasteiger partial charge < -0.3 is 15.2 Å². The van der Waals surface area contributed by atoms with Crippen LogP contribution < -0.4 is 5.32 Å². The predicted molar refractivity (Wildman–Crippen MR) is 69.7 cm³/mol. The fraction of sp³-hybridized carbons (Fsp3) is 0.818. The second kappa shape index (κ2) is 6.74. The van der Waals surface area contributed by atoms with E-state index < -0.39 is 33.5 Å². The summed E-state index contributed by atoms with van der Waals surface area (Å²) in [5.74, 6) is -1.31. The zero-order chi connectivity index (χ0) is 15.3. The first-order valence-corrected chi connectivity index (χ1v) is 7.84. The van der Waals surface area contributed by atoms with E-state index in [4.69, 9.17) is 9.84 Å². The van der Waals surface area contributed by atoms with Crippen LogP contribution in [0, 0.1) is 0 Å². The molecule has 0 aliphatic carbocycles. The van der Waals surface area contributed by atoms with Crippen molar-refractivity contribution in [1.29, 1.82) is 0 Å². The molecule has 0 spiro atoms. The van der Waals surface area contributed by atoms with E-state index in [1.165, 1.54) is 0 Å². The Balaban J connectivity index is 4.51. The van der Waals surface area contributed by atoms with Crippen molar-refractivity contribution < 1.29 is 27.9 Å². The summed E-state index contributed by atoms with van der Waals surface area (Å²) >= 11 is 0. The molecule has 19 heavy (non-hydrogen) atoms. The smallest absolute Gasteiger partial charge is 0.407 e. The SMILES string of the molecule is CC(C)(C)OC(=O)N[C@@H](CCS(C)(=O)=O)CC(=O)O. The number of alkyl carbamates (subject to hydrolysis) is 1. The topological polar surface area (TPSA) is 110 Å². The van der Waals surface area contributed by atoms with Crippen molar-refractivity contribution in [3.05, 3.63) is 0 Å². The van der Waals surface area contributed by atoms with Gasteiger partial charge in [-0.15, -0.1) is 0 Å². The van der Waals surface area contributed by atoms with Gasteiger partial charge in [-0.2, -0.15) is 0 Å². The maximum atomic E-state index is 11.5. The lowest BCUT2D eigenvalue weighted by molar-refractivity contribution is -0.137. The van der Waals surface area contributed by atoms with Gasteiger partial charge in [0.25, 0.3) is 0 Å². The number of sulfone groups is 1. The third-order valence-electron chi connectivity index (χ3n) is 1.98. The summed E-state index contributed by atoms with van der Waals surface area (Å²) in [4.78, 5) is 22.2. The van der Waals surface area contributed by atoms with Crippen LogP contribution >= 0.6 is 0 Å². The van der Waals surface area contributed by atoms with Crippen molar-refractivity contribution in [2.24, 2.45) is 0 Å². The standard InChI is InChI=1S/C11H21NO6S/c1-11(2,3)18-10(15)12-8(7-9(13)14)5-6-19(4,16)17/h8H,5-7H2,1-4H3,(H,12,15)(H,13,14)/t8-/m0/s1. The molecule has 0 aromatic carbocycles. The molecule has 8 heteroatoms. The van der Waals surface area contributed by atoms with Crippen LogP contribution in [0.5, 0.6) is 0 Å². The zero-order valence-electron chi connectivity index (χ0n) is 11.6. The Bertz CT molecular complexity index is 423. The number of rotatable bonds is 6. The Morgan fingerprint density at radius 3 is 2.21 bits per heavy atom. The first-order chi connectivity index (χ1) is 8.39. The van der Waals surface area contributed by atoms with E-state index in [0.29, 0.717) is 0 Å². The molecular weight excluding hydrogens is 274 g/mol. The molecule has 7 nitrogen and oxygen atoms in total. The van der Waals surface area contributed by atoms with E-state index in [2.05, 4.69) is 5.32 Å². The van der Waals surface area contributed by atoms with Crippen LogP contribution in [-0.4, -0.2) is 49.2 Å². The summed E-state index contributed by atoms with van der Waals surface area (Å²) in [6.45, 7) is 5.03. The number of ether oxygens (including phenoxy) is 1. The Morgan fingerprint density at radius 2 is 1.84 bits per heavy atom. The van der Waals surface area contributed by atoms with Crippen molar-refractivity contribution in [1.82, 2.24) is 5.32 Å². The van der Waals surface area contributed by atoms with Crippen molar-refractivity contribution in [3.63, 3.8) is 0 Å². The van der Waals surface area contributed by atoms with Crippen LogP contribution in [-0.2, 0) is 19.4 Å². The number of carboxylic acid groups (broad SMARTS) is 1. The van der Waals surface area contributed by atoms with Crippen molar-refractivity contribution >= 4 is 21.9 Å². The Hall–Kier alpha value is -1.31. The van der Waals surface area contributed by atoms with Crippen LogP contribution in [0.1, 0.15) is 33.6 Å². The highest BCUT2D eigenvalue weighted by molar-refractivity contribution is 7.90. The fourth-order valence-corrected chi connectivity index (χ4v) is 1.98. The lowest BCUT2D eigenvalue weighted by Gasteiger charge is -2.22. The molecule has 112 valence electrons. The molecule has 0 saturated carbocycles. The molecule has 1 atom stereocenters. The zero-order valence-corrected chi connectivity index (χ0v) is 12.4. The van der Waals surface area contributed by atoms with Crippen LogP contribution in [0.15, 0.2) is 0 Å². The molecule has 0 aliphatic heterocycles. The van der Waals surface area contributed by atoms with Crippen LogP contribution in [0.3, 0.4) is 0 Å². The molecule has 0 aromatic rings. The largest absolute Gasteiger partial charge is 0.481 e. The summed E-state index contributed by atoms with van der Waals surface area (Å²) < 4.78 is 27.1. The predicted octanol–water partition coefficient (Wildman–Crippen LogP) is 0.789. The van der Waals surface area contributed by atoms with E-state index in [-0.39, 0.29) is 18.6 Å². The van der Waals surface area contributed by atoms with Crippen molar-refractivity contribution in [3.8, 4) is 0 Å². The van der Waals surface area contributed by atoms with Gasteiger partial charge >= 0.3 is 12.1 Å². The number of hydrogen-bond donors (Lipinski definition) is 2. The first-order valence-electron chi connectivity index (χ1n) is 5.78. The van der Waals surface area contributed by atoms with Gasteiger partial charge in [0, 0.05) is 12.3 Å². The normalized spacial score (nSPS) is 13.7. The van der Waals surface area contributed by atoms with E-state index in [1.54, 1.807) is 20.8 Å². The highest BCUT2D eigenvalue weighted by atomic mass is 32.2. The fourth-order valence-electron chi connectivity index (χ4n) is 1.27. The molecule has 0 unspecified atom stereocenters. The number of amides is 1. The number of carbonyl (C=O) groups excluding carboxylic acids is 1. The summed E-state index contributed by atoms with van der Waals surface area (Å²) in [5.41, 5.74) is -0.700. The van der Waals surface area contributed by atoms with Gasteiger partial charge in [0.1, 0.15) is 15.4 Å². The van der Waals surface area contributed by atoms with Gasteiger partial charge in [-0.3, -0.25) is 4.79 Å². The molecular formula is C11H21NO6S. The monoisotopic (exact) mass is 295 g/mol. The Labute approximate surface area is 113 Å². The number of nitrogens with one attached hydrogen (secondary N) is 1. The van der Waals surface area contributed by atoms with Gasteiger partial charge in [-0.05, 0) is 27.2 Å². The number of carboxylic acids is 1. The second-order valence-electron chi connectivity index (χ2n) is 5.36. The maximum absolute atomic E-state index is 11.5. The third-order valence-corrected chi connectivity index (χ3v) is 2.96. The average Bonchev–Trinajstić information content (AvgIpc) is 2.08. The Kier molecular flexibility index (Phi) is 6.28. The highest BCUT2D eigenvalue weighted by Gasteiger charge is 2.22. The van der Waals surface area contributed by atoms with Crippen LogP contribution in [0.4, 0.5) is 4.79 Å². The highest BCUT2D eigenvalue weighted by Crippen LogP contribution is 2.08. The minimum Gasteiger partial charge on any atom is -0.481 e. The van der Waals surface area contributed by atoms with Gasteiger partial charge in [0.2, 0.25) is 0 Å². The quantitative estimate of drug-likeness (QED) is 0.749. The van der Waals surface area contributed by atoms with Gasteiger partial charge in [-0.1, -0.05) is 0 Å². The summed E-state index contributed by atoms with van der Waals surface area (Å²) in [5, 5.41) is 11.1. The number of aliphatic carboxylic acids is 1. The van der Waals surface area contributed by atoms with E-state index in [9.17, 15) is 18.0 Å². The molecule has 0 aromatic heterocycles. The van der Waals surface area contributed by atoms with E-state index in [0.717, 1.165) is 6.26 Å². The molecule has 0 rings (SSSR count). The second-order valence-corrected chi connectivity index (χ2v) is 7.62. The summed E-state index contributed by atoms with van der Waals surface area (Å²) in [7, 11) is -3.21. The molecule has 2 N–H and O–H groups in total. The minimum atomic E-state index is -3.21. The van der Waals surface area contributed by atoms with E-state index in [1.807, 2.05) is 0 Å². The number of hydrogen-bond acceptors (Lipinski definition) is 5. The van der Waals surface area contributed by atoms with Crippen molar-refractivity contribution in [2.45, 2.75) is 45.3 Å². The van der Waals surface area contributed by atoms with Gasteiger partial charge in [-0.25, -0.2) is 13.2 Å². The Morgan fingerprint density at radius 1 is 1.32 bits per heavy atom. The number of carbonyl (C=O) groups is 2. The molecule has 0 bridgehead atoms. The molecule has 0 radical (unpaired) electrons. The third kappa shape index (κ3) is 11.5. The van der Waals surface area contributed by atoms with Gasteiger partial charge in [0.05, 0.1) is 12.2 Å². The van der Waals surface area contributed by atoms with Crippen molar-refractivity contribution in [2.75, 3.05) is 12.0 Å². The lowest BCUT2D eigenvalue weighted by atomic mass is 10.1. The first kappa shape index (κ1) is 17.7. The molecule has 0 aliphatic rings. The molecule has 1 amide bonds. The molecule has 0 fully saturated rings. The van der Waals surface area contributed by atoms with Crippen LogP contribution in [0.25, 0.3) is 0 Å². The average molecular weight is 295 g/mol. The molecule has 0 saturated heterocycles. The minimum absolute atomic E-state index is 0.0321. The summed E-state index contributed by atoms with van der Waals surface area (Å²) in [6, 6.07) is -0.776. The van der Waals surface area contributed by atoms with Crippen LogP contribution in [0.2, 0.25) is 0 Å². The lowest BCUT2D eigenvalue weighted by Crippen LogP contribution is -2.41. The maximum Gasteiger partial charge on any atom is 0.407 e. The summed E-state index contributed by atoms with van der Waals surface area (Å²) in [6.07, 6.45) is -0.0236. The molecule has 0 heterocycles.